The molecule has 2 N–H and O–H groups in total. The molecule has 0 amide bonds. The third-order valence-corrected chi connectivity index (χ3v) is 2.26. The van der Waals surface area contributed by atoms with Crippen LogP contribution in [0.4, 0.5) is 0 Å². The molecule has 0 aliphatic carbocycles. The Labute approximate surface area is 104 Å². The number of thiocarbonyl (C=S) groups is 1. The van der Waals surface area contributed by atoms with Gasteiger partial charge in [0.25, 0.3) is 0 Å². The van der Waals surface area contributed by atoms with Crippen LogP contribution in [0.1, 0.15) is 11.4 Å². The lowest BCUT2D eigenvalue weighted by Gasteiger charge is -2.08. The lowest BCUT2D eigenvalue weighted by molar-refractivity contribution is 0.453. The molecule has 0 aromatic carbocycles. The lowest BCUT2D eigenvalue weighted by Crippen LogP contribution is -2.13. The fraction of sp³-hybridized carbons (Fsp3) is 0.0909. The third-order valence-electron chi connectivity index (χ3n) is 2.06. The summed E-state index contributed by atoms with van der Waals surface area (Å²) in [4.78, 5) is 12.3. The molecule has 0 spiro atoms. The molecular formula is C11H10N4OS. The van der Waals surface area contributed by atoms with Crippen LogP contribution in [0.25, 0.3) is 0 Å². The summed E-state index contributed by atoms with van der Waals surface area (Å²) in [5, 5.41) is 0. The van der Waals surface area contributed by atoms with Crippen LogP contribution in [0.2, 0.25) is 0 Å². The Morgan fingerprint density at radius 3 is 2.71 bits per heavy atom. The topological polar surface area (TPSA) is 73.9 Å². The molecule has 2 aromatic rings. The van der Waals surface area contributed by atoms with E-state index in [-0.39, 0.29) is 10.9 Å². The first-order valence-electron chi connectivity index (χ1n) is 4.89. The molecule has 0 atom stereocenters. The van der Waals surface area contributed by atoms with Crippen LogP contribution in [0, 0.1) is 6.92 Å². The van der Waals surface area contributed by atoms with E-state index in [1.807, 2.05) is 6.92 Å². The van der Waals surface area contributed by atoms with Gasteiger partial charge in [-0.25, -0.2) is 9.97 Å². The summed E-state index contributed by atoms with van der Waals surface area (Å²) in [6, 6.07) is 3.57. The van der Waals surface area contributed by atoms with Gasteiger partial charge < -0.3 is 10.5 Å². The summed E-state index contributed by atoms with van der Waals surface area (Å²) >= 11 is 4.88. The van der Waals surface area contributed by atoms with Crippen LogP contribution in [0.5, 0.6) is 11.6 Å². The second-order valence-electron chi connectivity index (χ2n) is 3.26. The zero-order chi connectivity index (χ0) is 12.3. The number of nitrogens with zero attached hydrogens (tertiary/aromatic N) is 3. The number of hydrogen-bond donors (Lipinski definition) is 1. The fourth-order valence-electron chi connectivity index (χ4n) is 1.25. The minimum atomic E-state index is 0.148. The van der Waals surface area contributed by atoms with E-state index < -0.39 is 0 Å². The number of ether oxygens (including phenoxy) is 1. The van der Waals surface area contributed by atoms with Gasteiger partial charge >= 0.3 is 0 Å². The van der Waals surface area contributed by atoms with E-state index in [1.165, 1.54) is 12.4 Å². The monoisotopic (exact) mass is 246 g/mol. The summed E-state index contributed by atoms with van der Waals surface area (Å²) in [6.45, 7) is 1.84. The van der Waals surface area contributed by atoms with Crippen molar-refractivity contribution in [1.29, 1.82) is 0 Å². The van der Waals surface area contributed by atoms with Crippen molar-refractivity contribution in [2.75, 3.05) is 0 Å². The third kappa shape index (κ3) is 2.54. The largest absolute Gasteiger partial charge is 0.435 e. The van der Waals surface area contributed by atoms with Gasteiger partial charge in [0, 0.05) is 18.6 Å². The van der Waals surface area contributed by atoms with E-state index in [1.54, 1.807) is 18.3 Å². The first kappa shape index (κ1) is 11.4. The van der Waals surface area contributed by atoms with Crippen LogP contribution < -0.4 is 10.5 Å². The van der Waals surface area contributed by atoms with Crippen LogP contribution in [0.15, 0.2) is 30.7 Å². The maximum Gasteiger partial charge on any atom is 0.248 e. The molecule has 0 fully saturated rings. The van der Waals surface area contributed by atoms with Gasteiger partial charge in [-0.05, 0) is 19.1 Å². The smallest absolute Gasteiger partial charge is 0.248 e. The SMILES string of the molecule is Cc1ncccc1Oc1nccnc1C(N)=S. The number of rotatable bonds is 3. The quantitative estimate of drug-likeness (QED) is 0.829. The van der Waals surface area contributed by atoms with Gasteiger partial charge in [-0.1, -0.05) is 12.2 Å². The average Bonchev–Trinajstić information content (AvgIpc) is 2.32. The second-order valence-corrected chi connectivity index (χ2v) is 3.70. The van der Waals surface area contributed by atoms with Crippen LogP contribution in [0.3, 0.4) is 0 Å². The highest BCUT2D eigenvalue weighted by Gasteiger charge is 2.11. The van der Waals surface area contributed by atoms with E-state index in [2.05, 4.69) is 15.0 Å². The Morgan fingerprint density at radius 2 is 2.00 bits per heavy atom. The standard InChI is InChI=1S/C11H10N4OS/c1-7-8(3-2-4-13-7)16-11-9(10(12)17)14-5-6-15-11/h2-6H,1H3,(H2,12,17). The molecule has 0 saturated carbocycles. The van der Waals surface area contributed by atoms with Gasteiger partial charge in [0.05, 0.1) is 5.69 Å². The highest BCUT2D eigenvalue weighted by atomic mass is 32.1. The first-order valence-corrected chi connectivity index (χ1v) is 5.29. The van der Waals surface area contributed by atoms with Gasteiger partial charge in [-0.15, -0.1) is 0 Å². The molecule has 5 nitrogen and oxygen atoms in total. The summed E-state index contributed by atoms with van der Waals surface area (Å²) in [5.41, 5.74) is 6.66. The molecule has 0 aliphatic heterocycles. The van der Waals surface area contributed by atoms with Gasteiger partial charge in [-0.3, -0.25) is 4.98 Å². The molecule has 0 aliphatic rings. The summed E-state index contributed by atoms with van der Waals surface area (Å²) in [5.74, 6) is 0.890. The predicted molar refractivity (Wildman–Crippen MR) is 67.0 cm³/mol. The number of aryl methyl sites for hydroxylation is 1. The van der Waals surface area contributed by atoms with Gasteiger partial charge in [0.2, 0.25) is 5.88 Å². The highest BCUT2D eigenvalue weighted by Crippen LogP contribution is 2.23. The van der Waals surface area contributed by atoms with Crippen LogP contribution in [-0.4, -0.2) is 19.9 Å². The van der Waals surface area contributed by atoms with E-state index in [4.69, 9.17) is 22.7 Å². The van der Waals surface area contributed by atoms with E-state index in [0.29, 0.717) is 11.4 Å². The van der Waals surface area contributed by atoms with Crippen molar-refractivity contribution < 1.29 is 4.74 Å². The maximum absolute atomic E-state index is 5.60. The summed E-state index contributed by atoms with van der Waals surface area (Å²) in [7, 11) is 0. The van der Waals surface area contributed by atoms with Crippen LogP contribution in [-0.2, 0) is 0 Å². The van der Waals surface area contributed by atoms with E-state index >= 15 is 0 Å². The van der Waals surface area contributed by atoms with Crippen molar-refractivity contribution in [2.45, 2.75) is 6.92 Å². The molecule has 86 valence electrons. The zero-order valence-corrected chi connectivity index (χ0v) is 9.94. The Bertz CT molecular complexity index is 559. The molecule has 2 aromatic heterocycles. The predicted octanol–water partition coefficient (Wildman–Crippen LogP) is 1.61. The summed E-state index contributed by atoms with van der Waals surface area (Å²) < 4.78 is 5.60. The number of nitrogens with two attached hydrogens (primary N) is 1. The van der Waals surface area contributed by atoms with Crippen molar-refractivity contribution in [3.05, 3.63) is 42.1 Å². The molecule has 2 rings (SSSR count). The van der Waals surface area contributed by atoms with Gasteiger partial charge in [-0.2, -0.15) is 0 Å². The van der Waals surface area contributed by atoms with Gasteiger partial charge in [0.1, 0.15) is 4.99 Å². The molecule has 0 unspecified atom stereocenters. The second kappa shape index (κ2) is 4.84. The molecule has 0 saturated heterocycles. The Hall–Kier alpha value is -2.08. The minimum Gasteiger partial charge on any atom is -0.435 e. The van der Waals surface area contributed by atoms with Crippen LogP contribution >= 0.6 is 12.2 Å². The molecule has 17 heavy (non-hydrogen) atoms. The average molecular weight is 246 g/mol. The van der Waals surface area contributed by atoms with E-state index in [0.717, 1.165) is 5.69 Å². The number of hydrogen-bond acceptors (Lipinski definition) is 5. The van der Waals surface area contributed by atoms with E-state index in [9.17, 15) is 0 Å². The van der Waals surface area contributed by atoms with Crippen molar-refractivity contribution >= 4 is 17.2 Å². The molecule has 2 heterocycles. The number of aromatic nitrogens is 3. The lowest BCUT2D eigenvalue weighted by atomic mass is 10.3. The Morgan fingerprint density at radius 1 is 1.24 bits per heavy atom. The fourth-order valence-corrected chi connectivity index (χ4v) is 1.39. The van der Waals surface area contributed by atoms with Crippen molar-refractivity contribution in [1.82, 2.24) is 15.0 Å². The minimum absolute atomic E-state index is 0.148. The van der Waals surface area contributed by atoms with Crippen molar-refractivity contribution in [3.63, 3.8) is 0 Å². The normalized spacial score (nSPS) is 9.94. The van der Waals surface area contributed by atoms with Gasteiger partial charge in [0.15, 0.2) is 11.4 Å². The van der Waals surface area contributed by atoms with Crippen molar-refractivity contribution in [3.8, 4) is 11.6 Å². The molecular weight excluding hydrogens is 236 g/mol. The summed E-state index contributed by atoms with van der Waals surface area (Å²) in [6.07, 6.45) is 4.72. The Kier molecular flexibility index (Phi) is 3.24. The number of pyridine rings is 1. The zero-order valence-electron chi connectivity index (χ0n) is 9.12. The molecule has 0 radical (unpaired) electrons. The Balaban J connectivity index is 2.37. The van der Waals surface area contributed by atoms with Crippen molar-refractivity contribution in [2.24, 2.45) is 5.73 Å². The first-order chi connectivity index (χ1) is 8.18. The highest BCUT2D eigenvalue weighted by molar-refractivity contribution is 7.80. The molecule has 6 heteroatoms. The maximum atomic E-state index is 5.60. The molecule has 0 bridgehead atoms.